The first-order valence-corrected chi connectivity index (χ1v) is 7.15. The Balaban J connectivity index is 2.28. The summed E-state index contributed by atoms with van der Waals surface area (Å²) in [6.07, 6.45) is 1.97. The van der Waals surface area contributed by atoms with E-state index in [1.54, 1.807) is 38.1 Å². The highest BCUT2D eigenvalue weighted by Gasteiger charge is 2.09. The van der Waals surface area contributed by atoms with Crippen LogP contribution in [0, 0.1) is 0 Å². The Labute approximate surface area is 134 Å². The Morgan fingerprint density at radius 3 is 2.30 bits per heavy atom. The third-order valence-corrected chi connectivity index (χ3v) is 2.53. The number of carbonyl (C=O) groups excluding carboxylic acids is 3. The normalized spacial score (nSPS) is 11.6. The van der Waals surface area contributed by atoms with Crippen LogP contribution < -0.4 is 10.6 Å². The van der Waals surface area contributed by atoms with Gasteiger partial charge in [-0.15, -0.1) is 0 Å². The lowest BCUT2D eigenvalue weighted by Gasteiger charge is -2.14. The lowest BCUT2D eigenvalue weighted by molar-refractivity contribution is -0.140. The predicted molar refractivity (Wildman–Crippen MR) is 84.8 cm³/mol. The van der Waals surface area contributed by atoms with Gasteiger partial charge in [0.25, 0.3) is 0 Å². The molecule has 0 aromatic heterocycles. The molecule has 1 aromatic carbocycles. The van der Waals surface area contributed by atoms with Crippen LogP contribution in [0.15, 0.2) is 42.5 Å². The first-order chi connectivity index (χ1) is 11.0. The van der Waals surface area contributed by atoms with Gasteiger partial charge >= 0.3 is 18.0 Å². The molecule has 0 spiro atoms. The van der Waals surface area contributed by atoms with Crippen molar-refractivity contribution in [2.24, 2.45) is 0 Å². The van der Waals surface area contributed by atoms with E-state index in [4.69, 9.17) is 4.74 Å². The van der Waals surface area contributed by atoms with Crippen molar-refractivity contribution in [3.05, 3.63) is 42.5 Å². The van der Waals surface area contributed by atoms with Crippen molar-refractivity contribution >= 4 is 23.7 Å². The fourth-order valence-corrected chi connectivity index (χ4v) is 1.54. The van der Waals surface area contributed by atoms with Crippen molar-refractivity contribution in [3.63, 3.8) is 0 Å². The summed E-state index contributed by atoms with van der Waals surface area (Å²) in [5.74, 6) is -1.30. The summed E-state index contributed by atoms with van der Waals surface area (Å²) in [6, 6.07) is 8.16. The Hall–Kier alpha value is -2.83. The number of amides is 2. The second-order valence-corrected chi connectivity index (χ2v) is 4.58. The third kappa shape index (κ3) is 8.25. The molecule has 0 aliphatic rings. The van der Waals surface area contributed by atoms with E-state index in [2.05, 4.69) is 15.4 Å². The van der Waals surface area contributed by atoms with Crippen molar-refractivity contribution in [1.82, 2.24) is 5.32 Å². The van der Waals surface area contributed by atoms with Gasteiger partial charge in [0.2, 0.25) is 0 Å². The number of ether oxygens (including phenoxy) is 2. The van der Waals surface area contributed by atoms with Crippen LogP contribution in [-0.4, -0.2) is 37.2 Å². The summed E-state index contributed by atoms with van der Waals surface area (Å²) in [5, 5.41) is 5.27. The summed E-state index contributed by atoms with van der Waals surface area (Å²) >= 11 is 0. The molecule has 7 heteroatoms. The van der Waals surface area contributed by atoms with Crippen LogP contribution >= 0.6 is 0 Å². The average molecular weight is 320 g/mol. The van der Waals surface area contributed by atoms with Crippen LogP contribution in [0.3, 0.4) is 0 Å². The molecule has 23 heavy (non-hydrogen) atoms. The van der Waals surface area contributed by atoms with Crippen molar-refractivity contribution < 1.29 is 23.9 Å². The van der Waals surface area contributed by atoms with Crippen LogP contribution in [0.1, 0.15) is 13.8 Å². The van der Waals surface area contributed by atoms with E-state index < -0.39 is 24.0 Å². The molecule has 0 unspecified atom stereocenters. The van der Waals surface area contributed by atoms with E-state index in [1.165, 1.54) is 0 Å². The molecule has 0 saturated heterocycles. The molecule has 1 atom stereocenters. The van der Waals surface area contributed by atoms with Gasteiger partial charge in [-0.3, -0.25) is 0 Å². The summed E-state index contributed by atoms with van der Waals surface area (Å²) in [4.78, 5) is 34.1. The van der Waals surface area contributed by atoms with E-state index in [9.17, 15) is 14.4 Å². The zero-order chi connectivity index (χ0) is 17.1. The largest absolute Gasteiger partial charge is 0.463 e. The smallest absolute Gasteiger partial charge is 0.331 e. The quantitative estimate of drug-likeness (QED) is 0.591. The molecular weight excluding hydrogens is 300 g/mol. The van der Waals surface area contributed by atoms with Gasteiger partial charge in [-0.25, -0.2) is 14.4 Å². The van der Waals surface area contributed by atoms with Crippen molar-refractivity contribution in [2.45, 2.75) is 19.9 Å². The van der Waals surface area contributed by atoms with Crippen molar-refractivity contribution in [2.75, 3.05) is 18.5 Å². The Kier molecular flexibility index (Phi) is 7.91. The topological polar surface area (TPSA) is 93.7 Å². The number of nitrogens with one attached hydrogen (secondary N) is 2. The van der Waals surface area contributed by atoms with Crippen molar-refractivity contribution in [3.8, 4) is 0 Å². The van der Waals surface area contributed by atoms with Gasteiger partial charge in [0.1, 0.15) is 6.61 Å². The third-order valence-electron chi connectivity index (χ3n) is 2.53. The Morgan fingerprint density at radius 1 is 1.09 bits per heavy atom. The number of urea groups is 1. The molecule has 0 aliphatic carbocycles. The van der Waals surface area contributed by atoms with Gasteiger partial charge in [0.15, 0.2) is 0 Å². The highest BCUT2D eigenvalue weighted by molar-refractivity contribution is 5.91. The van der Waals surface area contributed by atoms with Crippen LogP contribution in [-0.2, 0) is 19.1 Å². The van der Waals surface area contributed by atoms with Crippen LogP contribution in [0.4, 0.5) is 10.5 Å². The van der Waals surface area contributed by atoms with E-state index >= 15 is 0 Å². The second-order valence-electron chi connectivity index (χ2n) is 4.58. The lowest BCUT2D eigenvalue weighted by Crippen LogP contribution is -2.39. The fraction of sp³-hybridized carbons (Fsp3) is 0.312. The molecule has 0 aliphatic heterocycles. The summed E-state index contributed by atoms with van der Waals surface area (Å²) in [6.45, 7) is 3.56. The fourth-order valence-electron chi connectivity index (χ4n) is 1.54. The molecule has 2 N–H and O–H groups in total. The van der Waals surface area contributed by atoms with Crippen LogP contribution in [0.25, 0.3) is 0 Å². The van der Waals surface area contributed by atoms with E-state index in [0.29, 0.717) is 5.69 Å². The zero-order valence-electron chi connectivity index (χ0n) is 13.1. The number of anilines is 1. The summed E-state index contributed by atoms with van der Waals surface area (Å²) in [5.41, 5.74) is 0.659. The maximum atomic E-state index is 11.7. The first-order valence-electron chi connectivity index (χ1n) is 7.15. The minimum atomic E-state index is -0.685. The van der Waals surface area contributed by atoms with E-state index in [1.807, 2.05) is 6.07 Å². The van der Waals surface area contributed by atoms with Gasteiger partial charge in [-0.1, -0.05) is 18.2 Å². The van der Waals surface area contributed by atoms with Gasteiger partial charge < -0.3 is 20.1 Å². The second kappa shape index (κ2) is 9.99. The Morgan fingerprint density at radius 2 is 1.70 bits per heavy atom. The molecule has 1 rings (SSSR count). The minimum Gasteiger partial charge on any atom is -0.463 e. The number of para-hydroxylation sites is 1. The SMILES string of the molecule is CCOC(=O)/C=C/C(=O)OC[C@@H](C)NC(=O)Nc1ccccc1. The minimum absolute atomic E-state index is 0.0196. The van der Waals surface area contributed by atoms with Gasteiger partial charge in [0, 0.05) is 17.8 Å². The molecule has 0 radical (unpaired) electrons. The zero-order valence-corrected chi connectivity index (χ0v) is 13.1. The molecule has 0 fully saturated rings. The maximum absolute atomic E-state index is 11.7. The number of esters is 2. The molecule has 1 aromatic rings. The summed E-state index contributed by atoms with van der Waals surface area (Å²) < 4.78 is 9.54. The first kappa shape index (κ1) is 18.2. The number of benzene rings is 1. The van der Waals surface area contributed by atoms with Gasteiger partial charge in [-0.2, -0.15) is 0 Å². The van der Waals surface area contributed by atoms with Gasteiger partial charge in [-0.05, 0) is 26.0 Å². The number of hydrogen-bond donors (Lipinski definition) is 2. The number of rotatable bonds is 7. The average Bonchev–Trinajstić information content (AvgIpc) is 2.52. The van der Waals surface area contributed by atoms with Crippen molar-refractivity contribution in [1.29, 1.82) is 0 Å². The number of hydrogen-bond acceptors (Lipinski definition) is 5. The molecule has 0 saturated carbocycles. The standard InChI is InChI=1S/C16H20N2O5/c1-3-22-14(19)9-10-15(20)23-11-12(2)17-16(21)18-13-7-5-4-6-8-13/h4-10,12H,3,11H2,1-2H3,(H2,17,18,21)/b10-9+/t12-/m1/s1. The van der Waals surface area contributed by atoms with E-state index in [0.717, 1.165) is 12.2 Å². The summed E-state index contributed by atoms with van der Waals surface area (Å²) in [7, 11) is 0. The van der Waals surface area contributed by atoms with Crippen LogP contribution in [0.5, 0.6) is 0 Å². The molecule has 124 valence electrons. The monoisotopic (exact) mass is 320 g/mol. The molecule has 2 amide bonds. The molecule has 0 bridgehead atoms. The molecule has 7 nitrogen and oxygen atoms in total. The lowest BCUT2D eigenvalue weighted by atomic mass is 10.3. The number of carbonyl (C=O) groups is 3. The maximum Gasteiger partial charge on any atom is 0.331 e. The predicted octanol–water partition coefficient (Wildman–Crippen LogP) is 1.86. The molecular formula is C16H20N2O5. The highest BCUT2D eigenvalue weighted by Crippen LogP contribution is 2.04. The molecule has 0 heterocycles. The Bertz CT molecular complexity index is 557. The van der Waals surface area contributed by atoms with Gasteiger partial charge in [0.05, 0.1) is 12.6 Å². The van der Waals surface area contributed by atoms with E-state index in [-0.39, 0.29) is 13.2 Å². The highest BCUT2D eigenvalue weighted by atomic mass is 16.5. The van der Waals surface area contributed by atoms with Crippen LogP contribution in [0.2, 0.25) is 0 Å².